The lowest BCUT2D eigenvalue weighted by molar-refractivity contribution is -0.134. The number of hydrogen-bond acceptors (Lipinski definition) is 3. The molecule has 0 aromatic heterocycles. The summed E-state index contributed by atoms with van der Waals surface area (Å²) < 4.78 is 9.90. The van der Waals surface area contributed by atoms with E-state index in [1.54, 1.807) is 24.3 Å². The van der Waals surface area contributed by atoms with E-state index in [9.17, 15) is 4.79 Å². The maximum atomic E-state index is 11.0. The van der Waals surface area contributed by atoms with Crippen LogP contribution in [0.5, 0.6) is 5.75 Å². The van der Waals surface area contributed by atoms with Gasteiger partial charge in [0.1, 0.15) is 5.75 Å². The molecular weight excluding hydrogens is 228 g/mol. The second kappa shape index (κ2) is 6.18. The zero-order valence-corrected chi connectivity index (χ0v) is 9.95. The Labute approximate surface area is 99.6 Å². The maximum absolute atomic E-state index is 11.0. The second-order valence-corrected chi connectivity index (χ2v) is 3.41. The highest BCUT2D eigenvalue weighted by atomic mass is 35.5. The van der Waals surface area contributed by atoms with Crippen molar-refractivity contribution in [2.24, 2.45) is 0 Å². The van der Waals surface area contributed by atoms with E-state index in [1.807, 2.05) is 6.92 Å². The number of carbonyl (C=O) groups is 1. The van der Waals surface area contributed by atoms with Crippen LogP contribution in [0, 0.1) is 0 Å². The summed E-state index contributed by atoms with van der Waals surface area (Å²) in [6.45, 7) is 2.45. The molecule has 0 spiro atoms. The van der Waals surface area contributed by atoms with Crippen molar-refractivity contribution in [3.05, 3.63) is 34.9 Å². The molecule has 0 aliphatic carbocycles. The van der Waals surface area contributed by atoms with Crippen LogP contribution in [0.15, 0.2) is 24.3 Å². The average Bonchev–Trinajstić information content (AvgIpc) is 2.29. The molecule has 0 N–H and O–H groups in total. The minimum Gasteiger partial charge on any atom is -0.493 e. The molecule has 1 aromatic rings. The van der Waals surface area contributed by atoms with Gasteiger partial charge in [-0.05, 0) is 31.2 Å². The lowest BCUT2D eigenvalue weighted by Gasteiger charge is -2.07. The average molecular weight is 241 g/mol. The zero-order chi connectivity index (χ0) is 12.0. The molecule has 0 amide bonds. The number of benzene rings is 1. The van der Waals surface area contributed by atoms with E-state index in [0.717, 1.165) is 5.56 Å². The van der Waals surface area contributed by atoms with Crippen molar-refractivity contribution in [3.63, 3.8) is 0 Å². The van der Waals surface area contributed by atoms with Crippen LogP contribution in [0.2, 0.25) is 5.02 Å². The zero-order valence-electron chi connectivity index (χ0n) is 9.20. The minimum atomic E-state index is -0.414. The predicted molar refractivity (Wildman–Crippen MR) is 63.7 cm³/mol. The Morgan fingerprint density at radius 2 is 2.25 bits per heavy atom. The van der Waals surface area contributed by atoms with Crippen LogP contribution in [-0.2, 0) is 9.53 Å². The topological polar surface area (TPSA) is 35.5 Å². The first-order valence-corrected chi connectivity index (χ1v) is 5.23. The quantitative estimate of drug-likeness (QED) is 0.600. The van der Waals surface area contributed by atoms with Gasteiger partial charge in [-0.1, -0.05) is 11.6 Å². The molecule has 1 aromatic carbocycles. The van der Waals surface area contributed by atoms with Crippen molar-refractivity contribution in [1.29, 1.82) is 0 Å². The summed E-state index contributed by atoms with van der Waals surface area (Å²) in [6, 6.07) is 5.23. The molecular formula is C12H13ClO3. The molecule has 86 valence electrons. The fourth-order valence-corrected chi connectivity index (χ4v) is 1.34. The monoisotopic (exact) mass is 240 g/mol. The molecule has 0 fully saturated rings. The molecule has 0 saturated carbocycles. The van der Waals surface area contributed by atoms with Crippen LogP contribution in [0.1, 0.15) is 12.5 Å². The lowest BCUT2D eigenvalue weighted by Crippen LogP contribution is -1.96. The van der Waals surface area contributed by atoms with Gasteiger partial charge >= 0.3 is 5.97 Å². The third kappa shape index (κ3) is 3.59. The molecule has 0 aliphatic rings. The first kappa shape index (κ1) is 12.6. The van der Waals surface area contributed by atoms with Gasteiger partial charge in [-0.15, -0.1) is 0 Å². The Kier molecular flexibility index (Phi) is 4.86. The summed E-state index contributed by atoms with van der Waals surface area (Å²) in [6.07, 6.45) is 2.94. The molecule has 0 unspecified atom stereocenters. The van der Waals surface area contributed by atoms with Crippen molar-refractivity contribution in [2.75, 3.05) is 13.7 Å². The van der Waals surface area contributed by atoms with E-state index in [1.165, 1.54) is 13.2 Å². The lowest BCUT2D eigenvalue weighted by atomic mass is 10.2. The van der Waals surface area contributed by atoms with Gasteiger partial charge in [0.15, 0.2) is 0 Å². The molecule has 0 radical (unpaired) electrons. The van der Waals surface area contributed by atoms with Gasteiger partial charge in [0.25, 0.3) is 0 Å². The number of carbonyl (C=O) groups excluding carboxylic acids is 1. The molecule has 1 rings (SSSR count). The Morgan fingerprint density at radius 1 is 1.50 bits per heavy atom. The normalized spacial score (nSPS) is 10.4. The minimum absolute atomic E-state index is 0.414. The number of hydrogen-bond donors (Lipinski definition) is 0. The molecule has 0 atom stereocenters. The van der Waals surface area contributed by atoms with Crippen molar-refractivity contribution in [3.8, 4) is 5.75 Å². The third-order valence-electron chi connectivity index (χ3n) is 1.87. The van der Waals surface area contributed by atoms with E-state index in [2.05, 4.69) is 4.74 Å². The van der Waals surface area contributed by atoms with Gasteiger partial charge in [-0.25, -0.2) is 4.79 Å². The third-order valence-corrected chi connectivity index (χ3v) is 2.11. The van der Waals surface area contributed by atoms with Gasteiger partial charge in [-0.2, -0.15) is 0 Å². The van der Waals surface area contributed by atoms with Gasteiger partial charge in [-0.3, -0.25) is 0 Å². The Hall–Kier alpha value is -1.48. The van der Waals surface area contributed by atoms with Crippen LogP contribution in [-0.4, -0.2) is 19.7 Å². The Morgan fingerprint density at radius 3 is 2.88 bits per heavy atom. The fourth-order valence-electron chi connectivity index (χ4n) is 1.16. The van der Waals surface area contributed by atoms with Gasteiger partial charge in [0, 0.05) is 16.7 Å². The molecule has 0 bridgehead atoms. The summed E-state index contributed by atoms with van der Waals surface area (Å²) >= 11 is 5.86. The Balaban J connectivity index is 2.95. The van der Waals surface area contributed by atoms with Gasteiger partial charge < -0.3 is 9.47 Å². The summed E-state index contributed by atoms with van der Waals surface area (Å²) in [7, 11) is 1.33. The number of ether oxygens (including phenoxy) is 2. The highest BCUT2D eigenvalue weighted by Crippen LogP contribution is 2.24. The number of esters is 1. The maximum Gasteiger partial charge on any atom is 0.330 e. The fraction of sp³-hybridized carbons (Fsp3) is 0.250. The number of rotatable bonds is 4. The molecule has 3 nitrogen and oxygen atoms in total. The predicted octanol–water partition coefficient (Wildman–Crippen LogP) is 2.92. The van der Waals surface area contributed by atoms with Crippen molar-refractivity contribution < 1.29 is 14.3 Å². The summed E-state index contributed by atoms with van der Waals surface area (Å²) in [4.78, 5) is 11.0. The summed E-state index contributed by atoms with van der Waals surface area (Å²) in [5, 5.41) is 0.591. The highest BCUT2D eigenvalue weighted by Gasteiger charge is 2.02. The highest BCUT2D eigenvalue weighted by molar-refractivity contribution is 6.30. The summed E-state index contributed by atoms with van der Waals surface area (Å²) in [5.41, 5.74) is 0.750. The standard InChI is InChI=1S/C12H13ClO3/c1-3-16-11-6-5-10(13)8-9(11)4-7-12(14)15-2/h4-8H,3H2,1-2H3. The molecule has 4 heteroatoms. The van der Waals surface area contributed by atoms with Crippen molar-refractivity contribution in [1.82, 2.24) is 0 Å². The summed E-state index contributed by atoms with van der Waals surface area (Å²) in [5.74, 6) is 0.273. The van der Waals surface area contributed by atoms with E-state index in [-0.39, 0.29) is 0 Å². The smallest absolute Gasteiger partial charge is 0.330 e. The van der Waals surface area contributed by atoms with E-state index in [4.69, 9.17) is 16.3 Å². The van der Waals surface area contributed by atoms with E-state index < -0.39 is 5.97 Å². The van der Waals surface area contributed by atoms with Crippen LogP contribution < -0.4 is 4.74 Å². The number of methoxy groups -OCH3 is 1. The number of halogens is 1. The van der Waals surface area contributed by atoms with Crippen LogP contribution in [0.25, 0.3) is 6.08 Å². The first-order chi connectivity index (χ1) is 7.67. The second-order valence-electron chi connectivity index (χ2n) is 2.97. The van der Waals surface area contributed by atoms with E-state index in [0.29, 0.717) is 17.4 Å². The van der Waals surface area contributed by atoms with Crippen molar-refractivity contribution >= 4 is 23.6 Å². The van der Waals surface area contributed by atoms with E-state index >= 15 is 0 Å². The van der Waals surface area contributed by atoms with Crippen molar-refractivity contribution in [2.45, 2.75) is 6.92 Å². The molecule has 0 aliphatic heterocycles. The SMILES string of the molecule is CCOc1ccc(Cl)cc1C=CC(=O)OC. The van der Waals surface area contributed by atoms with Crippen LogP contribution in [0.3, 0.4) is 0 Å². The molecule has 0 heterocycles. The molecule has 0 saturated heterocycles. The van der Waals surface area contributed by atoms with Gasteiger partial charge in [0.05, 0.1) is 13.7 Å². The van der Waals surface area contributed by atoms with Crippen LogP contribution in [0.4, 0.5) is 0 Å². The molecule has 16 heavy (non-hydrogen) atoms. The largest absolute Gasteiger partial charge is 0.493 e. The first-order valence-electron chi connectivity index (χ1n) is 4.85. The van der Waals surface area contributed by atoms with Gasteiger partial charge in [0.2, 0.25) is 0 Å². The Bertz CT molecular complexity index is 399. The van der Waals surface area contributed by atoms with Crippen LogP contribution >= 0.6 is 11.6 Å².